The van der Waals surface area contributed by atoms with E-state index in [0.29, 0.717) is 42.1 Å². The van der Waals surface area contributed by atoms with Gasteiger partial charge in [0.2, 0.25) is 0 Å². The van der Waals surface area contributed by atoms with Crippen molar-refractivity contribution in [2.75, 3.05) is 26.7 Å². The fourth-order valence-electron chi connectivity index (χ4n) is 3.06. The van der Waals surface area contributed by atoms with E-state index in [2.05, 4.69) is 10.3 Å². The molecule has 0 aliphatic rings. The van der Waals surface area contributed by atoms with Gasteiger partial charge < -0.3 is 24.8 Å². The van der Waals surface area contributed by atoms with Crippen molar-refractivity contribution in [3.8, 4) is 5.75 Å². The van der Waals surface area contributed by atoms with Crippen molar-refractivity contribution in [1.29, 1.82) is 0 Å². The minimum Gasteiger partial charge on any atom is -0.483 e. The molecule has 0 saturated carbocycles. The van der Waals surface area contributed by atoms with Crippen LogP contribution in [-0.2, 0) is 4.74 Å². The van der Waals surface area contributed by atoms with Crippen molar-refractivity contribution in [3.05, 3.63) is 58.7 Å². The minimum atomic E-state index is -1.12. The fraction of sp³-hybridized carbons (Fsp3) is 0.458. The second kappa shape index (κ2) is 11.1. The lowest BCUT2D eigenvalue weighted by molar-refractivity contribution is 0.0520. The summed E-state index contributed by atoms with van der Waals surface area (Å²) in [5.41, 5.74) is 0.988. The number of ether oxygens (including phenoxy) is 2. The molecule has 2 rings (SSSR count). The highest BCUT2D eigenvalue weighted by atomic mass is 19.1. The van der Waals surface area contributed by atoms with Crippen LogP contribution in [0.4, 0.5) is 9.18 Å². The lowest BCUT2D eigenvalue weighted by Crippen LogP contribution is -2.38. The minimum absolute atomic E-state index is 0.0504. The third-order valence-electron chi connectivity index (χ3n) is 4.74. The summed E-state index contributed by atoms with van der Waals surface area (Å²) in [5, 5.41) is 11.9. The van der Waals surface area contributed by atoms with Gasteiger partial charge in [-0.25, -0.2) is 19.0 Å². The molecule has 1 aromatic carbocycles. The summed E-state index contributed by atoms with van der Waals surface area (Å²) in [6.45, 7) is 9.94. The molecular formula is C24H32FN3O5. The third kappa shape index (κ3) is 8.34. The highest BCUT2D eigenvalue weighted by Gasteiger charge is 2.20. The highest BCUT2D eigenvalue weighted by Crippen LogP contribution is 2.25. The first kappa shape index (κ1) is 26.1. The number of amides is 1. The van der Waals surface area contributed by atoms with Gasteiger partial charge >= 0.3 is 12.1 Å². The van der Waals surface area contributed by atoms with Gasteiger partial charge in [-0.05, 0) is 70.5 Å². The standard InChI is InChI=1S/C24H32FN3O5/c1-15-7-8-17(12-19(15)25)20(32-18-11-16(2)21(22(29)30)27-13-18)14-28(6)10-9-26-23(31)33-24(3,4)5/h7-8,11-13,20H,9-10,14H2,1-6H3,(H,26,31)(H,29,30)/t20-/m0/s1. The number of carboxylic acids is 1. The maximum Gasteiger partial charge on any atom is 0.407 e. The predicted octanol–water partition coefficient (Wildman–Crippen LogP) is 4.11. The molecule has 0 saturated heterocycles. The predicted molar refractivity (Wildman–Crippen MR) is 122 cm³/mol. The smallest absolute Gasteiger partial charge is 0.407 e. The monoisotopic (exact) mass is 461 g/mol. The molecule has 0 aliphatic heterocycles. The van der Waals surface area contributed by atoms with E-state index >= 15 is 0 Å². The molecule has 1 heterocycles. The number of likely N-dealkylation sites (N-methyl/N-ethyl adjacent to an activating group) is 1. The van der Waals surface area contributed by atoms with E-state index in [4.69, 9.17) is 9.47 Å². The number of aromatic nitrogens is 1. The Kier molecular flexibility index (Phi) is 8.76. The van der Waals surface area contributed by atoms with Gasteiger partial charge in [0.25, 0.3) is 0 Å². The summed E-state index contributed by atoms with van der Waals surface area (Å²) in [6.07, 6.45) is 0.297. The van der Waals surface area contributed by atoms with E-state index in [1.807, 2.05) is 11.9 Å². The number of alkyl carbamates (subject to hydrolysis) is 1. The van der Waals surface area contributed by atoms with Crippen LogP contribution in [0.25, 0.3) is 0 Å². The largest absolute Gasteiger partial charge is 0.483 e. The molecular weight excluding hydrogens is 429 g/mol. The number of hydrogen-bond acceptors (Lipinski definition) is 6. The molecule has 0 aliphatic carbocycles. The van der Waals surface area contributed by atoms with Crippen molar-refractivity contribution in [2.24, 2.45) is 0 Å². The van der Waals surface area contributed by atoms with E-state index in [9.17, 15) is 19.1 Å². The number of benzene rings is 1. The fourth-order valence-corrected chi connectivity index (χ4v) is 3.06. The SMILES string of the molecule is Cc1ccc([C@H](CN(C)CCNC(=O)OC(C)(C)C)Oc2cnc(C(=O)O)c(C)c2)cc1F. The van der Waals surface area contributed by atoms with Crippen molar-refractivity contribution >= 4 is 12.1 Å². The molecule has 0 bridgehead atoms. The Morgan fingerprint density at radius 3 is 2.48 bits per heavy atom. The number of aryl methyl sites for hydroxylation is 2. The van der Waals surface area contributed by atoms with Gasteiger partial charge in [-0.2, -0.15) is 0 Å². The number of halogens is 1. The number of hydrogen-bond donors (Lipinski definition) is 2. The average molecular weight is 462 g/mol. The zero-order valence-corrected chi connectivity index (χ0v) is 19.9. The summed E-state index contributed by atoms with van der Waals surface area (Å²) >= 11 is 0. The Labute approximate surface area is 193 Å². The van der Waals surface area contributed by atoms with E-state index < -0.39 is 23.8 Å². The molecule has 1 atom stereocenters. The molecule has 0 spiro atoms. The summed E-state index contributed by atoms with van der Waals surface area (Å²) in [7, 11) is 1.86. The molecule has 9 heteroatoms. The molecule has 0 fully saturated rings. The van der Waals surface area contributed by atoms with Crippen LogP contribution < -0.4 is 10.1 Å². The first-order chi connectivity index (χ1) is 15.4. The molecule has 0 radical (unpaired) electrons. The number of pyridine rings is 1. The molecule has 180 valence electrons. The van der Waals surface area contributed by atoms with Crippen LogP contribution in [0, 0.1) is 19.7 Å². The molecule has 1 aromatic heterocycles. The van der Waals surface area contributed by atoms with E-state index in [1.54, 1.807) is 52.8 Å². The number of aromatic carboxylic acids is 1. The van der Waals surface area contributed by atoms with Gasteiger partial charge in [0, 0.05) is 19.6 Å². The summed E-state index contributed by atoms with van der Waals surface area (Å²) in [4.78, 5) is 29.0. The van der Waals surface area contributed by atoms with E-state index in [1.165, 1.54) is 12.3 Å². The number of nitrogens with one attached hydrogen (secondary N) is 1. The molecule has 1 amide bonds. The van der Waals surface area contributed by atoms with Crippen molar-refractivity contribution < 1.29 is 28.6 Å². The van der Waals surface area contributed by atoms with Crippen molar-refractivity contribution in [2.45, 2.75) is 46.3 Å². The number of carbonyl (C=O) groups is 2. The number of carboxylic acid groups (broad SMARTS) is 1. The molecule has 0 unspecified atom stereocenters. The molecule has 33 heavy (non-hydrogen) atoms. The lowest BCUT2D eigenvalue weighted by Gasteiger charge is -2.26. The second-order valence-corrected chi connectivity index (χ2v) is 8.95. The summed E-state index contributed by atoms with van der Waals surface area (Å²) in [5.74, 6) is -1.08. The van der Waals surface area contributed by atoms with Gasteiger partial charge in [0.15, 0.2) is 5.69 Å². The lowest BCUT2D eigenvalue weighted by atomic mass is 10.1. The average Bonchev–Trinajstić information content (AvgIpc) is 2.68. The maximum atomic E-state index is 14.2. The summed E-state index contributed by atoms with van der Waals surface area (Å²) in [6, 6.07) is 6.50. The van der Waals surface area contributed by atoms with Crippen molar-refractivity contribution in [3.63, 3.8) is 0 Å². The first-order valence-corrected chi connectivity index (χ1v) is 10.6. The number of nitrogens with zero attached hydrogens (tertiary/aromatic N) is 2. The van der Waals surface area contributed by atoms with Gasteiger partial charge in [0.1, 0.15) is 23.3 Å². The van der Waals surface area contributed by atoms with Crippen LogP contribution in [0.15, 0.2) is 30.5 Å². The number of rotatable bonds is 9. The normalized spacial score (nSPS) is 12.4. The Hall–Kier alpha value is -3.20. The summed E-state index contributed by atoms with van der Waals surface area (Å²) < 4.78 is 25.6. The third-order valence-corrected chi connectivity index (χ3v) is 4.74. The number of carbonyl (C=O) groups excluding carboxylic acids is 1. The van der Waals surface area contributed by atoms with Gasteiger partial charge in [-0.3, -0.25) is 0 Å². The van der Waals surface area contributed by atoms with Gasteiger partial charge in [-0.1, -0.05) is 12.1 Å². The van der Waals surface area contributed by atoms with Gasteiger partial charge in [-0.15, -0.1) is 0 Å². The topological polar surface area (TPSA) is 101 Å². The highest BCUT2D eigenvalue weighted by molar-refractivity contribution is 5.87. The Morgan fingerprint density at radius 1 is 1.21 bits per heavy atom. The Balaban J connectivity index is 2.11. The van der Waals surface area contributed by atoms with Crippen LogP contribution in [0.5, 0.6) is 5.75 Å². The molecule has 8 nitrogen and oxygen atoms in total. The zero-order valence-electron chi connectivity index (χ0n) is 19.9. The zero-order chi connectivity index (χ0) is 24.8. The maximum absolute atomic E-state index is 14.2. The second-order valence-electron chi connectivity index (χ2n) is 8.95. The molecule has 2 N–H and O–H groups in total. The quantitative estimate of drug-likeness (QED) is 0.579. The van der Waals surface area contributed by atoms with Crippen LogP contribution >= 0.6 is 0 Å². The van der Waals surface area contributed by atoms with Crippen LogP contribution in [0.1, 0.15) is 54.1 Å². The Bertz CT molecular complexity index is 991. The van der Waals surface area contributed by atoms with Crippen molar-refractivity contribution in [1.82, 2.24) is 15.2 Å². The van der Waals surface area contributed by atoms with Gasteiger partial charge in [0.05, 0.1) is 6.20 Å². The molecule has 2 aromatic rings. The van der Waals surface area contributed by atoms with Crippen LogP contribution in [0.3, 0.4) is 0 Å². The van der Waals surface area contributed by atoms with E-state index in [0.717, 1.165) is 0 Å². The Morgan fingerprint density at radius 2 is 1.91 bits per heavy atom. The van der Waals surface area contributed by atoms with E-state index in [-0.39, 0.29) is 11.5 Å². The van der Waals surface area contributed by atoms with Crippen LogP contribution in [-0.4, -0.2) is 59.3 Å². The first-order valence-electron chi connectivity index (χ1n) is 10.6. The van der Waals surface area contributed by atoms with Crippen LogP contribution in [0.2, 0.25) is 0 Å².